The molecule has 2 unspecified atom stereocenters. The summed E-state index contributed by atoms with van der Waals surface area (Å²) in [4.78, 5) is 19.4. The van der Waals surface area contributed by atoms with Crippen molar-refractivity contribution < 1.29 is 13.9 Å². The molecule has 2 heterocycles. The molecule has 2 aromatic rings. The number of benzene rings is 2. The Morgan fingerprint density at radius 2 is 1.53 bits per heavy atom. The van der Waals surface area contributed by atoms with Crippen LogP contribution in [0, 0.1) is 5.82 Å². The van der Waals surface area contributed by atoms with Gasteiger partial charge in [0.2, 0.25) is 0 Å². The fraction of sp³-hybridized carbons (Fsp3) is 0.458. The van der Waals surface area contributed by atoms with Gasteiger partial charge in [-0.05, 0) is 55.8 Å². The Balaban J connectivity index is 1.31. The standard InChI is InChI=1S/C24H30FN3O2/c1-18-15-26(16-19(2)30-18)17-20-3-5-21(6-4-20)24(29)28-13-11-27(12-14-28)23-9-7-22(25)8-10-23/h3-10,18-19H,11-17H2,1-2H3. The van der Waals surface area contributed by atoms with Crippen LogP contribution in [0.25, 0.3) is 0 Å². The highest BCUT2D eigenvalue weighted by atomic mass is 19.1. The second kappa shape index (κ2) is 9.14. The maximum absolute atomic E-state index is 13.1. The van der Waals surface area contributed by atoms with Gasteiger partial charge in [0.1, 0.15) is 5.82 Å². The number of ether oxygens (including phenoxy) is 1. The van der Waals surface area contributed by atoms with Gasteiger partial charge in [-0.3, -0.25) is 9.69 Å². The van der Waals surface area contributed by atoms with Crippen molar-refractivity contribution in [3.8, 4) is 0 Å². The van der Waals surface area contributed by atoms with Gasteiger partial charge < -0.3 is 14.5 Å². The first-order valence-electron chi connectivity index (χ1n) is 10.7. The topological polar surface area (TPSA) is 36.0 Å². The SMILES string of the molecule is CC1CN(Cc2ccc(C(=O)N3CCN(c4ccc(F)cc4)CC3)cc2)CC(C)O1. The van der Waals surface area contributed by atoms with Gasteiger partial charge in [-0.2, -0.15) is 0 Å². The molecule has 2 atom stereocenters. The van der Waals surface area contributed by atoms with Gasteiger partial charge in [-0.15, -0.1) is 0 Å². The maximum Gasteiger partial charge on any atom is 0.253 e. The second-order valence-electron chi connectivity index (χ2n) is 8.40. The average Bonchev–Trinajstić information content (AvgIpc) is 2.74. The van der Waals surface area contributed by atoms with Crippen molar-refractivity contribution >= 4 is 11.6 Å². The largest absolute Gasteiger partial charge is 0.373 e. The van der Waals surface area contributed by atoms with E-state index in [1.54, 1.807) is 12.1 Å². The minimum Gasteiger partial charge on any atom is -0.373 e. The molecule has 0 aromatic heterocycles. The van der Waals surface area contributed by atoms with Gasteiger partial charge in [-0.1, -0.05) is 12.1 Å². The summed E-state index contributed by atoms with van der Waals surface area (Å²) in [6.07, 6.45) is 0.506. The molecule has 0 spiro atoms. The highest BCUT2D eigenvalue weighted by Crippen LogP contribution is 2.19. The number of amides is 1. The van der Waals surface area contributed by atoms with Gasteiger partial charge in [-0.25, -0.2) is 4.39 Å². The van der Waals surface area contributed by atoms with Crippen LogP contribution in [0.4, 0.5) is 10.1 Å². The minimum absolute atomic E-state index is 0.0777. The van der Waals surface area contributed by atoms with Crippen LogP contribution in [0.15, 0.2) is 48.5 Å². The van der Waals surface area contributed by atoms with E-state index in [4.69, 9.17) is 4.74 Å². The first-order valence-corrected chi connectivity index (χ1v) is 10.7. The number of morpholine rings is 1. The van der Waals surface area contributed by atoms with E-state index in [9.17, 15) is 9.18 Å². The summed E-state index contributed by atoms with van der Waals surface area (Å²) >= 11 is 0. The monoisotopic (exact) mass is 411 g/mol. The van der Waals surface area contributed by atoms with E-state index in [1.807, 2.05) is 17.0 Å². The fourth-order valence-electron chi connectivity index (χ4n) is 4.43. The number of anilines is 1. The van der Waals surface area contributed by atoms with Crippen LogP contribution in [-0.2, 0) is 11.3 Å². The summed E-state index contributed by atoms with van der Waals surface area (Å²) in [5.41, 5.74) is 2.95. The maximum atomic E-state index is 13.1. The van der Waals surface area contributed by atoms with Crippen molar-refractivity contribution in [3.63, 3.8) is 0 Å². The first-order chi connectivity index (χ1) is 14.5. The molecule has 2 aliphatic heterocycles. The lowest BCUT2D eigenvalue weighted by Gasteiger charge is -2.36. The molecular weight excluding hydrogens is 381 g/mol. The molecule has 160 valence electrons. The zero-order chi connectivity index (χ0) is 21.1. The molecule has 0 bridgehead atoms. The summed E-state index contributed by atoms with van der Waals surface area (Å²) in [7, 11) is 0. The smallest absolute Gasteiger partial charge is 0.253 e. The molecule has 2 fully saturated rings. The Morgan fingerprint density at radius 1 is 0.933 bits per heavy atom. The molecular formula is C24H30FN3O2. The van der Waals surface area contributed by atoms with E-state index in [2.05, 4.69) is 35.8 Å². The van der Waals surface area contributed by atoms with Crippen molar-refractivity contribution in [1.82, 2.24) is 9.80 Å². The predicted octanol–water partition coefficient (Wildman–Crippen LogP) is 3.40. The molecule has 30 heavy (non-hydrogen) atoms. The van der Waals surface area contributed by atoms with Gasteiger partial charge in [0.15, 0.2) is 0 Å². The van der Waals surface area contributed by atoms with Crippen molar-refractivity contribution in [2.24, 2.45) is 0 Å². The van der Waals surface area contributed by atoms with Crippen LogP contribution < -0.4 is 4.90 Å². The van der Waals surface area contributed by atoms with Crippen LogP contribution >= 0.6 is 0 Å². The lowest BCUT2D eigenvalue weighted by molar-refractivity contribution is -0.0704. The molecule has 0 aliphatic carbocycles. The third kappa shape index (κ3) is 4.99. The number of hydrogen-bond acceptors (Lipinski definition) is 4. The number of halogens is 1. The number of carbonyl (C=O) groups is 1. The van der Waals surface area contributed by atoms with Gasteiger partial charge in [0.05, 0.1) is 12.2 Å². The molecule has 4 rings (SSSR count). The molecule has 6 heteroatoms. The molecule has 1 amide bonds. The van der Waals surface area contributed by atoms with Crippen molar-refractivity contribution in [1.29, 1.82) is 0 Å². The summed E-state index contributed by atoms with van der Waals surface area (Å²) in [5.74, 6) is -0.150. The number of nitrogens with zero attached hydrogens (tertiary/aromatic N) is 3. The van der Waals surface area contributed by atoms with Crippen molar-refractivity contribution in [2.75, 3.05) is 44.2 Å². The number of hydrogen-bond donors (Lipinski definition) is 0. The fourth-order valence-corrected chi connectivity index (χ4v) is 4.43. The van der Waals surface area contributed by atoms with E-state index in [0.717, 1.165) is 44.0 Å². The molecule has 2 aromatic carbocycles. The highest BCUT2D eigenvalue weighted by Gasteiger charge is 2.24. The Bertz CT molecular complexity index is 838. The van der Waals surface area contributed by atoms with Gasteiger partial charge >= 0.3 is 0 Å². The number of piperazine rings is 1. The van der Waals surface area contributed by atoms with Crippen LogP contribution in [0.3, 0.4) is 0 Å². The quantitative estimate of drug-likeness (QED) is 0.773. The lowest BCUT2D eigenvalue weighted by Crippen LogP contribution is -2.48. The van der Waals surface area contributed by atoms with E-state index >= 15 is 0 Å². The van der Waals surface area contributed by atoms with Gasteiger partial charge in [0, 0.05) is 57.1 Å². The molecule has 0 N–H and O–H groups in total. The van der Waals surface area contributed by atoms with Gasteiger partial charge in [0.25, 0.3) is 5.91 Å². The average molecular weight is 412 g/mol. The molecule has 2 saturated heterocycles. The van der Waals surface area contributed by atoms with E-state index < -0.39 is 0 Å². The zero-order valence-electron chi connectivity index (χ0n) is 17.8. The Labute approximate surface area is 178 Å². The lowest BCUT2D eigenvalue weighted by atomic mass is 10.1. The van der Waals surface area contributed by atoms with Crippen LogP contribution in [0.1, 0.15) is 29.8 Å². The third-order valence-electron chi connectivity index (χ3n) is 5.86. The van der Waals surface area contributed by atoms with Crippen molar-refractivity contribution in [2.45, 2.75) is 32.6 Å². The van der Waals surface area contributed by atoms with Crippen LogP contribution in [-0.4, -0.2) is 67.2 Å². The van der Waals surface area contributed by atoms with E-state index in [1.165, 1.54) is 17.7 Å². The third-order valence-corrected chi connectivity index (χ3v) is 5.86. The normalized spacial score (nSPS) is 22.9. The highest BCUT2D eigenvalue weighted by molar-refractivity contribution is 5.94. The predicted molar refractivity (Wildman–Crippen MR) is 116 cm³/mol. The Morgan fingerprint density at radius 3 is 2.13 bits per heavy atom. The number of rotatable bonds is 4. The van der Waals surface area contributed by atoms with Crippen molar-refractivity contribution in [3.05, 3.63) is 65.5 Å². The second-order valence-corrected chi connectivity index (χ2v) is 8.40. The van der Waals surface area contributed by atoms with E-state index in [0.29, 0.717) is 13.1 Å². The summed E-state index contributed by atoms with van der Waals surface area (Å²) in [5, 5.41) is 0. The minimum atomic E-state index is -0.228. The number of carbonyl (C=O) groups excluding carboxylic acids is 1. The van der Waals surface area contributed by atoms with E-state index in [-0.39, 0.29) is 23.9 Å². The summed E-state index contributed by atoms with van der Waals surface area (Å²) < 4.78 is 18.9. The molecule has 5 nitrogen and oxygen atoms in total. The molecule has 0 saturated carbocycles. The van der Waals surface area contributed by atoms with Crippen LogP contribution in [0.5, 0.6) is 0 Å². The summed E-state index contributed by atoms with van der Waals surface area (Å²) in [6, 6.07) is 14.6. The molecule has 0 radical (unpaired) electrons. The zero-order valence-corrected chi connectivity index (χ0v) is 17.8. The first kappa shape index (κ1) is 20.8. The Hall–Kier alpha value is -2.44. The summed E-state index contributed by atoms with van der Waals surface area (Å²) in [6.45, 7) is 9.81. The Kier molecular flexibility index (Phi) is 6.35. The molecule has 2 aliphatic rings. The van der Waals surface area contributed by atoms with Crippen LogP contribution in [0.2, 0.25) is 0 Å².